The lowest BCUT2D eigenvalue weighted by molar-refractivity contribution is -0.389. The number of benzene rings is 1. The fraction of sp³-hybridized carbons (Fsp3) is 0. The Hall–Kier alpha value is -2.24. The van der Waals surface area contributed by atoms with Crippen molar-refractivity contribution in [2.75, 3.05) is 0 Å². The summed E-state index contributed by atoms with van der Waals surface area (Å²) in [5.74, 6) is -0.590. The van der Waals surface area contributed by atoms with E-state index in [1.54, 1.807) is 0 Å². The van der Waals surface area contributed by atoms with Crippen molar-refractivity contribution in [1.82, 2.24) is 9.55 Å². The van der Waals surface area contributed by atoms with Crippen LogP contribution >= 0.6 is 0 Å². The van der Waals surface area contributed by atoms with Gasteiger partial charge in [0.15, 0.2) is 0 Å². The lowest BCUT2D eigenvalue weighted by atomic mass is 10.3. The maximum Gasteiger partial charge on any atom is 0.381 e. The Balaban J connectivity index is 2.37. The van der Waals surface area contributed by atoms with E-state index in [0.29, 0.717) is 5.69 Å². The van der Waals surface area contributed by atoms with E-state index in [4.69, 9.17) is 0 Å². The zero-order chi connectivity index (χ0) is 10.8. The molecule has 5 nitrogen and oxygen atoms in total. The summed E-state index contributed by atoms with van der Waals surface area (Å²) < 4.78 is 14.1. The summed E-state index contributed by atoms with van der Waals surface area (Å²) in [5.41, 5.74) is 0.622. The monoisotopic (exact) mass is 207 g/mol. The number of nitrogens with zero attached hydrogens (tertiary/aromatic N) is 3. The molecule has 76 valence electrons. The maximum absolute atomic E-state index is 12.6. The third-order valence-corrected chi connectivity index (χ3v) is 1.88. The molecule has 0 amide bonds. The normalized spacial score (nSPS) is 10.2. The van der Waals surface area contributed by atoms with Gasteiger partial charge in [0.2, 0.25) is 6.33 Å². The molecule has 0 radical (unpaired) electrons. The quantitative estimate of drug-likeness (QED) is 0.558. The zero-order valence-corrected chi connectivity index (χ0v) is 7.50. The molecule has 0 aliphatic carbocycles. The Morgan fingerprint density at radius 1 is 1.33 bits per heavy atom. The predicted molar refractivity (Wildman–Crippen MR) is 50.2 cm³/mol. The van der Waals surface area contributed by atoms with Crippen LogP contribution < -0.4 is 0 Å². The first-order valence-corrected chi connectivity index (χ1v) is 4.11. The van der Waals surface area contributed by atoms with Gasteiger partial charge in [0.05, 0.1) is 0 Å². The molecule has 0 spiro atoms. The molecule has 1 heterocycles. The first kappa shape index (κ1) is 9.32. The average molecular weight is 207 g/mol. The van der Waals surface area contributed by atoms with E-state index < -0.39 is 4.92 Å². The Bertz CT molecular complexity index is 492. The number of imidazole rings is 1. The van der Waals surface area contributed by atoms with Gasteiger partial charge in [-0.15, -0.1) is 0 Å². The highest BCUT2D eigenvalue weighted by molar-refractivity contribution is 5.34. The van der Waals surface area contributed by atoms with E-state index in [-0.39, 0.29) is 11.6 Å². The molecular formula is C9H6FN3O2. The van der Waals surface area contributed by atoms with Crippen molar-refractivity contribution < 1.29 is 9.31 Å². The molecule has 1 aromatic carbocycles. The van der Waals surface area contributed by atoms with Crippen molar-refractivity contribution in [2.24, 2.45) is 0 Å². The van der Waals surface area contributed by atoms with Crippen LogP contribution in [0.25, 0.3) is 5.69 Å². The van der Waals surface area contributed by atoms with Crippen molar-refractivity contribution in [1.29, 1.82) is 0 Å². The van der Waals surface area contributed by atoms with Gasteiger partial charge >= 0.3 is 5.82 Å². The molecule has 0 saturated carbocycles. The van der Waals surface area contributed by atoms with Crippen LogP contribution in [0.15, 0.2) is 36.8 Å². The molecule has 15 heavy (non-hydrogen) atoms. The van der Waals surface area contributed by atoms with Crippen LogP contribution in [0.2, 0.25) is 0 Å². The van der Waals surface area contributed by atoms with E-state index >= 15 is 0 Å². The van der Waals surface area contributed by atoms with Crippen molar-refractivity contribution in [3.8, 4) is 5.69 Å². The second-order valence-corrected chi connectivity index (χ2v) is 2.87. The molecule has 0 aliphatic heterocycles. The minimum absolute atomic E-state index is 0.237. The third-order valence-electron chi connectivity index (χ3n) is 1.88. The fourth-order valence-corrected chi connectivity index (χ4v) is 1.16. The molecule has 6 heteroatoms. The van der Waals surface area contributed by atoms with Gasteiger partial charge in [0.25, 0.3) is 0 Å². The first-order valence-electron chi connectivity index (χ1n) is 4.11. The Morgan fingerprint density at radius 2 is 2.00 bits per heavy atom. The molecular weight excluding hydrogens is 201 g/mol. The molecule has 0 N–H and O–H groups in total. The zero-order valence-electron chi connectivity index (χ0n) is 7.50. The van der Waals surface area contributed by atoms with Gasteiger partial charge in [-0.3, -0.25) is 4.57 Å². The van der Waals surface area contributed by atoms with Crippen LogP contribution in [0.4, 0.5) is 10.2 Å². The van der Waals surface area contributed by atoms with Crippen LogP contribution in [0, 0.1) is 15.9 Å². The highest BCUT2D eigenvalue weighted by atomic mass is 19.1. The number of hydrogen-bond donors (Lipinski definition) is 0. The number of hydrogen-bond acceptors (Lipinski definition) is 3. The van der Waals surface area contributed by atoms with Gasteiger partial charge in [-0.05, 0) is 34.2 Å². The molecule has 0 atom stereocenters. The Morgan fingerprint density at radius 3 is 2.53 bits per heavy atom. The molecule has 0 bridgehead atoms. The van der Waals surface area contributed by atoms with Crippen molar-refractivity contribution in [3.05, 3.63) is 52.7 Å². The highest BCUT2D eigenvalue weighted by Crippen LogP contribution is 2.13. The standard InChI is InChI=1S/C9H6FN3O2/c10-7-1-3-8(4-2-7)12-5-9(11-6-12)13(14)15/h1-6H. The minimum Gasteiger partial charge on any atom is -0.358 e. The van der Waals surface area contributed by atoms with Crippen LogP contribution in [0.3, 0.4) is 0 Å². The summed E-state index contributed by atoms with van der Waals surface area (Å²) in [6.07, 6.45) is 2.58. The summed E-state index contributed by atoms with van der Waals surface area (Å²) >= 11 is 0. The number of aromatic nitrogens is 2. The van der Waals surface area contributed by atoms with Crippen LogP contribution in [-0.4, -0.2) is 14.5 Å². The van der Waals surface area contributed by atoms with Crippen LogP contribution in [0.5, 0.6) is 0 Å². The van der Waals surface area contributed by atoms with Crippen molar-refractivity contribution >= 4 is 5.82 Å². The largest absolute Gasteiger partial charge is 0.381 e. The van der Waals surface area contributed by atoms with Gasteiger partial charge in [-0.25, -0.2) is 4.39 Å². The van der Waals surface area contributed by atoms with Gasteiger partial charge in [-0.1, -0.05) is 0 Å². The van der Waals surface area contributed by atoms with Gasteiger partial charge in [-0.2, -0.15) is 0 Å². The molecule has 2 aromatic rings. The molecule has 0 aliphatic rings. The molecule has 0 fully saturated rings. The predicted octanol–water partition coefficient (Wildman–Crippen LogP) is 1.92. The topological polar surface area (TPSA) is 61.0 Å². The second kappa shape index (κ2) is 3.49. The van der Waals surface area contributed by atoms with Crippen LogP contribution in [-0.2, 0) is 0 Å². The lowest BCUT2D eigenvalue weighted by Crippen LogP contribution is -1.90. The summed E-state index contributed by atoms with van der Waals surface area (Å²) in [4.78, 5) is 13.4. The van der Waals surface area contributed by atoms with Gasteiger partial charge in [0.1, 0.15) is 12.0 Å². The van der Waals surface area contributed by atoms with E-state index in [1.807, 2.05) is 0 Å². The Labute approximate surface area is 83.9 Å². The van der Waals surface area contributed by atoms with E-state index in [9.17, 15) is 14.5 Å². The lowest BCUT2D eigenvalue weighted by Gasteiger charge is -1.98. The van der Waals surface area contributed by atoms with Crippen molar-refractivity contribution in [2.45, 2.75) is 0 Å². The fourth-order valence-electron chi connectivity index (χ4n) is 1.16. The maximum atomic E-state index is 12.6. The average Bonchev–Trinajstić information content (AvgIpc) is 2.68. The highest BCUT2D eigenvalue weighted by Gasteiger charge is 2.10. The summed E-state index contributed by atoms with van der Waals surface area (Å²) in [7, 11) is 0. The van der Waals surface area contributed by atoms with Gasteiger partial charge in [0, 0.05) is 5.69 Å². The van der Waals surface area contributed by atoms with E-state index in [1.165, 1.54) is 41.4 Å². The molecule has 0 saturated heterocycles. The molecule has 0 unspecified atom stereocenters. The SMILES string of the molecule is O=[N+]([O-])c1cn(-c2ccc(F)cc2)cn1. The Kier molecular flexibility index (Phi) is 2.17. The first-order chi connectivity index (χ1) is 7.16. The smallest absolute Gasteiger partial charge is 0.358 e. The number of rotatable bonds is 2. The van der Waals surface area contributed by atoms with Gasteiger partial charge < -0.3 is 10.1 Å². The number of halogens is 1. The van der Waals surface area contributed by atoms with Crippen molar-refractivity contribution in [3.63, 3.8) is 0 Å². The number of nitro groups is 1. The summed E-state index contributed by atoms with van der Waals surface area (Å²) in [6.45, 7) is 0. The van der Waals surface area contributed by atoms with E-state index in [2.05, 4.69) is 4.98 Å². The minimum atomic E-state index is -0.583. The van der Waals surface area contributed by atoms with Crippen LogP contribution in [0.1, 0.15) is 0 Å². The second-order valence-electron chi connectivity index (χ2n) is 2.87. The molecule has 1 aromatic heterocycles. The molecule has 2 rings (SSSR count). The third kappa shape index (κ3) is 1.83. The summed E-state index contributed by atoms with van der Waals surface area (Å²) in [6, 6.07) is 5.59. The van der Waals surface area contributed by atoms with E-state index in [0.717, 1.165) is 0 Å². The summed E-state index contributed by atoms with van der Waals surface area (Å²) in [5, 5.41) is 10.4.